The molecule has 0 spiro atoms. The molecule has 0 aliphatic rings. The minimum absolute atomic E-state index is 0.193. The van der Waals surface area contributed by atoms with Gasteiger partial charge in [-0.15, -0.1) is 0 Å². The summed E-state index contributed by atoms with van der Waals surface area (Å²) < 4.78 is 7.75. The second kappa shape index (κ2) is 7.81. The summed E-state index contributed by atoms with van der Waals surface area (Å²) in [7, 11) is 4.03. The molecule has 29 heavy (non-hydrogen) atoms. The molecule has 0 unspecified atom stereocenters. The number of nitrogen functional groups attached to an aromatic ring is 1. The molecule has 148 valence electrons. The van der Waals surface area contributed by atoms with Crippen LogP contribution in [0.4, 0.5) is 5.82 Å². The molecule has 0 saturated carbocycles. The number of phenolic OH excluding ortho intramolecular Hbond substituents is 1. The number of likely N-dealkylation sites (N-methyl/N-ethyl adjacent to an activating group) is 1. The van der Waals surface area contributed by atoms with E-state index < -0.39 is 0 Å². The van der Waals surface area contributed by atoms with Crippen molar-refractivity contribution in [3.63, 3.8) is 0 Å². The smallest absolute Gasteiger partial charge is 0.150 e. The molecule has 2 heterocycles. The predicted molar refractivity (Wildman–Crippen MR) is 114 cm³/mol. The zero-order chi connectivity index (χ0) is 20.4. The van der Waals surface area contributed by atoms with E-state index in [-0.39, 0.29) is 5.75 Å². The quantitative estimate of drug-likeness (QED) is 0.526. The molecule has 4 rings (SSSR count). The molecule has 2 aromatic carbocycles. The molecule has 0 amide bonds. The summed E-state index contributed by atoms with van der Waals surface area (Å²) in [4.78, 5) is 10.7. The van der Waals surface area contributed by atoms with Gasteiger partial charge in [-0.2, -0.15) is 0 Å². The summed E-state index contributed by atoms with van der Waals surface area (Å²) in [5, 5.41) is 10.6. The highest BCUT2D eigenvalue weighted by Crippen LogP contribution is 2.35. The summed E-state index contributed by atoms with van der Waals surface area (Å²) >= 11 is 0. The summed E-state index contributed by atoms with van der Waals surface area (Å²) in [6.07, 6.45) is 3.42. The molecular formula is C22H23N5O2. The van der Waals surface area contributed by atoms with Crippen LogP contribution in [0.3, 0.4) is 0 Å². The van der Waals surface area contributed by atoms with Crippen molar-refractivity contribution >= 4 is 16.9 Å². The Kier molecular flexibility index (Phi) is 5.05. The van der Waals surface area contributed by atoms with E-state index in [1.54, 1.807) is 18.2 Å². The molecule has 0 fully saturated rings. The maximum absolute atomic E-state index is 9.89. The molecule has 0 atom stereocenters. The predicted octanol–water partition coefficient (Wildman–Crippen LogP) is 3.32. The molecular weight excluding hydrogens is 366 g/mol. The number of rotatable bonds is 6. The van der Waals surface area contributed by atoms with E-state index in [0.29, 0.717) is 18.1 Å². The van der Waals surface area contributed by atoms with Gasteiger partial charge >= 0.3 is 0 Å². The Morgan fingerprint density at radius 1 is 1.10 bits per heavy atom. The number of benzene rings is 2. The van der Waals surface area contributed by atoms with Crippen molar-refractivity contribution in [2.75, 3.05) is 33.0 Å². The summed E-state index contributed by atoms with van der Waals surface area (Å²) in [6, 6.07) is 14.9. The fourth-order valence-electron chi connectivity index (χ4n) is 3.22. The molecule has 3 N–H and O–H groups in total. The van der Waals surface area contributed by atoms with Crippen LogP contribution < -0.4 is 10.5 Å². The summed E-state index contributed by atoms with van der Waals surface area (Å²) in [6.45, 7) is 1.48. The van der Waals surface area contributed by atoms with Crippen molar-refractivity contribution in [1.29, 1.82) is 0 Å². The zero-order valence-corrected chi connectivity index (χ0v) is 16.4. The number of nitrogens with two attached hydrogens (primary N) is 1. The van der Waals surface area contributed by atoms with E-state index >= 15 is 0 Å². The number of ether oxygens (including phenoxy) is 1. The van der Waals surface area contributed by atoms with E-state index in [1.165, 1.54) is 6.33 Å². The average Bonchev–Trinajstić information content (AvgIpc) is 3.09. The highest BCUT2D eigenvalue weighted by Gasteiger charge is 2.16. The Bertz CT molecular complexity index is 1140. The number of fused-ring (bicyclic) bond motifs is 1. The van der Waals surface area contributed by atoms with Crippen molar-refractivity contribution < 1.29 is 9.84 Å². The third-order valence-electron chi connectivity index (χ3n) is 4.69. The number of phenols is 1. The van der Waals surface area contributed by atoms with Crippen LogP contribution in [0.5, 0.6) is 11.5 Å². The van der Waals surface area contributed by atoms with Gasteiger partial charge in [0.05, 0.1) is 5.39 Å². The third kappa shape index (κ3) is 3.86. The van der Waals surface area contributed by atoms with E-state index in [9.17, 15) is 5.11 Å². The summed E-state index contributed by atoms with van der Waals surface area (Å²) in [5.41, 5.74) is 9.52. The Labute approximate surface area is 169 Å². The molecule has 7 heteroatoms. The number of aromatic nitrogens is 3. The van der Waals surface area contributed by atoms with Gasteiger partial charge in [0.25, 0.3) is 0 Å². The van der Waals surface area contributed by atoms with Crippen LogP contribution in [0.2, 0.25) is 0 Å². The highest BCUT2D eigenvalue weighted by molar-refractivity contribution is 6.01. The van der Waals surface area contributed by atoms with Crippen LogP contribution in [0.25, 0.3) is 27.8 Å². The molecule has 4 aromatic rings. The number of hydrogen-bond donors (Lipinski definition) is 2. The second-order valence-corrected chi connectivity index (χ2v) is 7.07. The van der Waals surface area contributed by atoms with Gasteiger partial charge in [0.2, 0.25) is 0 Å². The Morgan fingerprint density at radius 2 is 1.90 bits per heavy atom. The van der Waals surface area contributed by atoms with Crippen LogP contribution in [-0.2, 0) is 0 Å². The van der Waals surface area contributed by atoms with Crippen LogP contribution in [0, 0.1) is 0 Å². The van der Waals surface area contributed by atoms with Crippen molar-refractivity contribution in [2.24, 2.45) is 0 Å². The molecule has 0 radical (unpaired) electrons. The van der Waals surface area contributed by atoms with Gasteiger partial charge in [-0.05, 0) is 56.1 Å². The first-order chi connectivity index (χ1) is 14.0. The fraction of sp³-hybridized carbons (Fsp3) is 0.182. The van der Waals surface area contributed by atoms with Gasteiger partial charge in [0, 0.05) is 24.0 Å². The second-order valence-electron chi connectivity index (χ2n) is 7.07. The van der Waals surface area contributed by atoms with Gasteiger partial charge in [-0.3, -0.25) is 0 Å². The number of aromatic hydroxyl groups is 1. The Morgan fingerprint density at radius 3 is 2.62 bits per heavy atom. The van der Waals surface area contributed by atoms with Gasteiger partial charge in [0.15, 0.2) is 5.65 Å². The van der Waals surface area contributed by atoms with E-state index in [0.717, 1.165) is 34.5 Å². The normalized spacial score (nSPS) is 11.3. The first kappa shape index (κ1) is 18.8. The van der Waals surface area contributed by atoms with Crippen molar-refractivity contribution in [2.45, 2.75) is 0 Å². The van der Waals surface area contributed by atoms with Crippen molar-refractivity contribution in [1.82, 2.24) is 19.4 Å². The van der Waals surface area contributed by atoms with Crippen LogP contribution in [-0.4, -0.2) is 51.8 Å². The van der Waals surface area contributed by atoms with Gasteiger partial charge in [-0.25, -0.2) is 9.97 Å². The van der Waals surface area contributed by atoms with Gasteiger partial charge in [-0.1, -0.05) is 12.1 Å². The Hall–Kier alpha value is -3.58. The lowest BCUT2D eigenvalue weighted by molar-refractivity contribution is 0.261. The SMILES string of the molecule is CN(C)CCOc1ccc(-n2cc(-c3cccc(O)c3)c3c(N)ncnc32)cc1. The average molecular weight is 389 g/mol. The lowest BCUT2D eigenvalue weighted by Gasteiger charge is -2.11. The summed E-state index contributed by atoms with van der Waals surface area (Å²) in [5.74, 6) is 1.41. The monoisotopic (exact) mass is 389 g/mol. The minimum Gasteiger partial charge on any atom is -0.508 e. The molecule has 7 nitrogen and oxygen atoms in total. The van der Waals surface area contributed by atoms with Gasteiger partial charge < -0.3 is 25.0 Å². The van der Waals surface area contributed by atoms with E-state index in [2.05, 4.69) is 14.9 Å². The van der Waals surface area contributed by atoms with Crippen LogP contribution in [0.15, 0.2) is 61.1 Å². The van der Waals surface area contributed by atoms with Crippen molar-refractivity contribution in [3.05, 3.63) is 61.1 Å². The topological polar surface area (TPSA) is 89.4 Å². The first-order valence-electron chi connectivity index (χ1n) is 9.32. The van der Waals surface area contributed by atoms with Crippen molar-refractivity contribution in [3.8, 4) is 28.3 Å². The fourth-order valence-corrected chi connectivity index (χ4v) is 3.22. The first-order valence-corrected chi connectivity index (χ1v) is 9.32. The van der Waals surface area contributed by atoms with E-state index in [1.807, 2.05) is 55.2 Å². The highest BCUT2D eigenvalue weighted by atomic mass is 16.5. The lowest BCUT2D eigenvalue weighted by atomic mass is 10.1. The van der Waals surface area contributed by atoms with Crippen LogP contribution in [0.1, 0.15) is 0 Å². The molecule has 0 bridgehead atoms. The standard InChI is InChI=1S/C22H23N5O2/c1-26(2)10-11-29-18-8-6-16(7-9-18)27-13-19(15-4-3-5-17(28)12-15)20-21(23)24-14-25-22(20)27/h3-9,12-14,28H,10-11H2,1-2H3,(H2,23,24,25). The third-order valence-corrected chi connectivity index (χ3v) is 4.69. The number of anilines is 1. The Balaban J connectivity index is 1.74. The minimum atomic E-state index is 0.193. The number of nitrogens with zero attached hydrogens (tertiary/aromatic N) is 4. The molecule has 0 aliphatic carbocycles. The zero-order valence-electron chi connectivity index (χ0n) is 16.4. The number of hydrogen-bond acceptors (Lipinski definition) is 6. The maximum Gasteiger partial charge on any atom is 0.150 e. The molecule has 0 aliphatic heterocycles. The molecule has 0 saturated heterocycles. The molecule has 2 aromatic heterocycles. The van der Waals surface area contributed by atoms with Crippen LogP contribution >= 0.6 is 0 Å². The maximum atomic E-state index is 9.89. The lowest BCUT2D eigenvalue weighted by Crippen LogP contribution is -2.19. The van der Waals surface area contributed by atoms with E-state index in [4.69, 9.17) is 10.5 Å². The largest absolute Gasteiger partial charge is 0.508 e. The van der Waals surface area contributed by atoms with Gasteiger partial charge in [0.1, 0.15) is 30.3 Å².